The minimum atomic E-state index is -2.13. The molecule has 0 heterocycles. The van der Waals surface area contributed by atoms with Crippen molar-refractivity contribution in [2.45, 2.75) is 61.3 Å². The topological polar surface area (TPSA) is 383 Å². The van der Waals surface area contributed by atoms with Crippen molar-refractivity contribution >= 4 is 46.6 Å². The molecule has 0 saturated heterocycles. The molecule has 0 aliphatic heterocycles. The second-order valence-electron chi connectivity index (χ2n) is 11.0. The number of anilines is 4. The molecule has 52 heavy (non-hydrogen) atoms. The lowest BCUT2D eigenvalue weighted by Crippen LogP contribution is -2.55. The number of carbonyl (C=O) groups is 4. The lowest BCUT2D eigenvalue weighted by Gasteiger charge is -2.28. The average Bonchev–Trinajstić information content (AvgIpc) is 3.12. The highest BCUT2D eigenvalue weighted by atomic mass is 16.4. The van der Waals surface area contributed by atoms with E-state index in [0.717, 1.165) is 12.2 Å². The second-order valence-corrected chi connectivity index (χ2v) is 11.0. The fraction of sp³-hybridized carbons (Fsp3) is 0.400. The van der Waals surface area contributed by atoms with E-state index in [2.05, 4.69) is 21.3 Å². The van der Waals surface area contributed by atoms with Crippen LogP contribution < -0.4 is 31.9 Å². The number of rotatable bonds is 18. The van der Waals surface area contributed by atoms with E-state index in [1.165, 1.54) is 48.5 Å². The molecule has 2 aromatic carbocycles. The number of urea groups is 2. The molecule has 6 amide bonds. The fourth-order valence-corrected chi connectivity index (χ4v) is 4.02. The lowest BCUT2D eigenvalue weighted by atomic mass is 10.0. The number of carbonyl (C=O) groups excluding carboxylic acids is 4. The Balaban J connectivity index is 1.80. The van der Waals surface area contributed by atoms with Crippen molar-refractivity contribution in [2.75, 3.05) is 34.5 Å². The molecule has 0 bridgehead atoms. The van der Waals surface area contributed by atoms with Crippen molar-refractivity contribution in [3.63, 3.8) is 0 Å². The third-order valence-corrected chi connectivity index (χ3v) is 6.97. The van der Waals surface area contributed by atoms with Gasteiger partial charge < -0.3 is 93.2 Å². The molecule has 0 aliphatic carbocycles. The molecule has 22 nitrogen and oxygen atoms in total. The Kier molecular flexibility index (Phi) is 17.4. The normalized spacial score (nSPS) is 17.2. The molecule has 0 saturated carbocycles. The standard InChI is InChI=1S/C30H42N6O16/c37-11-17(39)21(43)23(45)25(47)27(49)35-29(51)33-15-5-1-13(2-6-15)31-19(41)9-10-20(42)32-14-3-7-16(8-4-14)34-30(52)36-28(50)26(48)24(46)22(44)18(40)12-38/h1-10,17-18,21-28,37-40,43-50H,11-12H2,(H,31,41)(H,32,42)(H2,33,35,51)(H2,34,36,52)/b10-9+/t17-,18-,21+,22+,23+,24+,25+,26+,27?,28?/m0/s1. The van der Waals surface area contributed by atoms with Gasteiger partial charge in [-0.15, -0.1) is 0 Å². The average molecular weight is 743 g/mol. The summed E-state index contributed by atoms with van der Waals surface area (Å²) in [4.78, 5) is 48.8. The van der Waals surface area contributed by atoms with E-state index < -0.39 is 98.4 Å². The van der Waals surface area contributed by atoms with Crippen LogP contribution >= 0.6 is 0 Å². The van der Waals surface area contributed by atoms with Crippen molar-refractivity contribution in [3.8, 4) is 0 Å². The minimum Gasteiger partial charge on any atom is -0.394 e. The monoisotopic (exact) mass is 742 g/mol. The quantitative estimate of drug-likeness (QED) is 0.0500. The van der Waals surface area contributed by atoms with Crippen LogP contribution in [0.1, 0.15) is 0 Å². The molecule has 2 rings (SSSR count). The zero-order valence-corrected chi connectivity index (χ0v) is 27.0. The molecule has 288 valence electrons. The predicted molar refractivity (Wildman–Crippen MR) is 178 cm³/mol. The molecule has 2 unspecified atom stereocenters. The number of amides is 6. The van der Waals surface area contributed by atoms with Gasteiger partial charge in [0.15, 0.2) is 12.5 Å². The zero-order valence-electron chi connectivity index (χ0n) is 27.0. The number of hydrogen-bond acceptors (Lipinski definition) is 16. The molecule has 0 fully saturated rings. The van der Waals surface area contributed by atoms with Crippen LogP contribution in [0.3, 0.4) is 0 Å². The minimum absolute atomic E-state index is 0.161. The van der Waals surface area contributed by atoms with E-state index in [0.29, 0.717) is 0 Å². The van der Waals surface area contributed by atoms with E-state index in [9.17, 15) is 70.2 Å². The van der Waals surface area contributed by atoms with Gasteiger partial charge in [-0.1, -0.05) is 0 Å². The number of benzene rings is 2. The predicted octanol–water partition coefficient (Wildman–Crippen LogP) is -5.43. The van der Waals surface area contributed by atoms with Crippen LogP contribution in [0.2, 0.25) is 0 Å². The van der Waals surface area contributed by atoms with Gasteiger partial charge in [0.05, 0.1) is 13.2 Å². The van der Waals surface area contributed by atoms with Gasteiger partial charge in [0, 0.05) is 34.9 Å². The number of aliphatic hydroxyl groups excluding tert-OH is 12. The largest absolute Gasteiger partial charge is 0.394 e. The van der Waals surface area contributed by atoms with Crippen molar-refractivity contribution in [3.05, 3.63) is 60.7 Å². The Morgan fingerprint density at radius 1 is 0.442 bits per heavy atom. The molecule has 2 aromatic rings. The summed E-state index contributed by atoms with van der Waals surface area (Å²) in [7, 11) is 0. The number of aliphatic hydroxyl groups is 12. The van der Waals surface area contributed by atoms with Crippen molar-refractivity contribution in [1.82, 2.24) is 10.6 Å². The SMILES string of the molecule is O=C(/C=C/C(=O)Nc1ccc(NC(=O)NC(O)[C@H](O)[C@H](O)[C@H](O)[C@@H](O)CO)cc1)Nc1ccc(NC(=O)NC(O)[C@H](O)[C@H](O)[C@H](O)[C@@H](O)CO)cc1. The van der Waals surface area contributed by atoms with Crippen LogP contribution in [0.4, 0.5) is 32.3 Å². The molecule has 18 N–H and O–H groups in total. The Morgan fingerprint density at radius 3 is 0.981 bits per heavy atom. The first kappa shape index (κ1) is 43.3. The first-order valence-corrected chi connectivity index (χ1v) is 15.1. The summed E-state index contributed by atoms with van der Waals surface area (Å²) < 4.78 is 0. The second kappa shape index (κ2) is 20.9. The summed E-state index contributed by atoms with van der Waals surface area (Å²) in [5.74, 6) is -1.41. The molecule has 0 aromatic heterocycles. The summed E-state index contributed by atoms with van der Waals surface area (Å²) in [6.45, 7) is -1.87. The summed E-state index contributed by atoms with van der Waals surface area (Å²) in [5.41, 5.74) is 0.821. The Bertz CT molecular complexity index is 1370. The van der Waals surface area contributed by atoms with E-state index in [1.807, 2.05) is 10.6 Å². The Labute approximate surface area is 294 Å². The van der Waals surface area contributed by atoms with Crippen LogP contribution in [0.25, 0.3) is 0 Å². The molecule has 0 spiro atoms. The van der Waals surface area contributed by atoms with E-state index >= 15 is 0 Å². The summed E-state index contributed by atoms with van der Waals surface area (Å²) in [5, 5.41) is 128. The van der Waals surface area contributed by atoms with E-state index in [-0.39, 0.29) is 22.7 Å². The highest BCUT2D eigenvalue weighted by Gasteiger charge is 2.36. The highest BCUT2D eigenvalue weighted by molar-refractivity contribution is 6.07. The third-order valence-electron chi connectivity index (χ3n) is 6.97. The third kappa shape index (κ3) is 13.7. The van der Waals surface area contributed by atoms with Gasteiger partial charge in [-0.2, -0.15) is 0 Å². The van der Waals surface area contributed by atoms with Crippen molar-refractivity contribution in [1.29, 1.82) is 0 Å². The Hall–Kier alpha value is -4.82. The number of nitrogens with one attached hydrogen (secondary N) is 6. The number of hydrogen-bond donors (Lipinski definition) is 18. The highest BCUT2D eigenvalue weighted by Crippen LogP contribution is 2.16. The van der Waals surface area contributed by atoms with Gasteiger partial charge in [-0.05, 0) is 48.5 Å². The van der Waals surface area contributed by atoms with Gasteiger partial charge >= 0.3 is 12.1 Å². The molecule has 0 radical (unpaired) electrons. The molecule has 22 heteroatoms. The maximum absolute atomic E-state index is 12.3. The van der Waals surface area contributed by atoms with Gasteiger partial charge in [-0.25, -0.2) is 9.59 Å². The van der Waals surface area contributed by atoms with Crippen LogP contribution in [0, 0.1) is 0 Å². The van der Waals surface area contributed by atoms with Gasteiger partial charge in [0.1, 0.15) is 48.8 Å². The van der Waals surface area contributed by atoms with Gasteiger partial charge in [0.2, 0.25) is 11.8 Å². The molecular weight excluding hydrogens is 700 g/mol. The first-order chi connectivity index (χ1) is 24.5. The fourth-order valence-electron chi connectivity index (χ4n) is 4.02. The lowest BCUT2D eigenvalue weighted by molar-refractivity contribution is -0.142. The summed E-state index contributed by atoms with van der Waals surface area (Å²) in [6, 6.07) is 8.81. The maximum atomic E-state index is 12.3. The summed E-state index contributed by atoms with van der Waals surface area (Å²) >= 11 is 0. The first-order valence-electron chi connectivity index (χ1n) is 15.1. The van der Waals surface area contributed by atoms with Gasteiger partial charge in [-0.3, -0.25) is 9.59 Å². The maximum Gasteiger partial charge on any atom is 0.321 e. The van der Waals surface area contributed by atoms with E-state index in [4.69, 9.17) is 10.2 Å². The zero-order chi connectivity index (χ0) is 39.1. The van der Waals surface area contributed by atoms with E-state index in [1.54, 1.807) is 0 Å². The van der Waals surface area contributed by atoms with Crippen LogP contribution in [-0.2, 0) is 9.59 Å². The molecular formula is C30H42N6O16. The van der Waals surface area contributed by atoms with Gasteiger partial charge in [0.25, 0.3) is 0 Å². The van der Waals surface area contributed by atoms with Crippen LogP contribution in [-0.4, -0.2) is 160 Å². The van der Waals surface area contributed by atoms with Crippen molar-refractivity contribution in [2.24, 2.45) is 0 Å². The summed E-state index contributed by atoms with van der Waals surface area (Å²) in [6.07, 6.45) is -18.5. The van der Waals surface area contributed by atoms with Crippen molar-refractivity contribution < 1.29 is 80.5 Å². The Morgan fingerprint density at radius 2 is 0.712 bits per heavy atom. The van der Waals surface area contributed by atoms with Crippen LogP contribution in [0.15, 0.2) is 60.7 Å². The van der Waals surface area contributed by atoms with Crippen LogP contribution in [0.5, 0.6) is 0 Å². The molecule has 0 aliphatic rings. The molecule has 10 atom stereocenters. The smallest absolute Gasteiger partial charge is 0.321 e.